The SMILES string of the molecule is CCN1CCCN(CC)[C@H](C)C1. The minimum absolute atomic E-state index is 0.748. The van der Waals surface area contributed by atoms with Gasteiger partial charge in [0.25, 0.3) is 0 Å². The fourth-order valence-electron chi connectivity index (χ4n) is 2.06. The number of nitrogens with zero attached hydrogens (tertiary/aromatic N) is 2. The van der Waals surface area contributed by atoms with E-state index in [9.17, 15) is 0 Å². The summed E-state index contributed by atoms with van der Waals surface area (Å²) in [4.78, 5) is 5.13. The second-order valence-electron chi connectivity index (χ2n) is 3.72. The zero-order valence-corrected chi connectivity index (χ0v) is 8.71. The monoisotopic (exact) mass is 170 g/mol. The van der Waals surface area contributed by atoms with E-state index in [1.165, 1.54) is 39.1 Å². The number of hydrogen-bond donors (Lipinski definition) is 0. The minimum Gasteiger partial charge on any atom is -0.302 e. The molecule has 0 aliphatic carbocycles. The summed E-state index contributed by atoms with van der Waals surface area (Å²) in [5.41, 5.74) is 0. The van der Waals surface area contributed by atoms with Crippen molar-refractivity contribution in [1.82, 2.24) is 9.80 Å². The highest BCUT2D eigenvalue weighted by Crippen LogP contribution is 2.08. The summed E-state index contributed by atoms with van der Waals surface area (Å²) in [5, 5.41) is 0. The Morgan fingerprint density at radius 2 is 1.92 bits per heavy atom. The summed E-state index contributed by atoms with van der Waals surface area (Å²) >= 11 is 0. The molecule has 1 fully saturated rings. The molecule has 2 heteroatoms. The molecule has 1 atom stereocenters. The normalized spacial score (nSPS) is 28.8. The van der Waals surface area contributed by atoms with Gasteiger partial charge in [-0.2, -0.15) is 0 Å². The Morgan fingerprint density at radius 1 is 1.17 bits per heavy atom. The van der Waals surface area contributed by atoms with Crippen LogP contribution in [-0.4, -0.2) is 48.6 Å². The Morgan fingerprint density at radius 3 is 2.50 bits per heavy atom. The minimum atomic E-state index is 0.748. The molecule has 0 aromatic rings. The number of rotatable bonds is 2. The zero-order chi connectivity index (χ0) is 8.97. The van der Waals surface area contributed by atoms with Gasteiger partial charge in [-0.15, -0.1) is 0 Å². The van der Waals surface area contributed by atoms with Gasteiger partial charge in [0.15, 0.2) is 0 Å². The quantitative estimate of drug-likeness (QED) is 0.618. The van der Waals surface area contributed by atoms with Crippen LogP contribution < -0.4 is 0 Å². The Bertz CT molecular complexity index is 125. The molecular weight excluding hydrogens is 148 g/mol. The predicted molar refractivity (Wildman–Crippen MR) is 53.4 cm³/mol. The summed E-state index contributed by atoms with van der Waals surface area (Å²) in [6, 6.07) is 0.748. The molecule has 0 N–H and O–H groups in total. The standard InChI is InChI=1S/C10H22N2/c1-4-11-7-6-8-12(5-2)10(3)9-11/h10H,4-9H2,1-3H3/t10-/m1/s1. The fourth-order valence-corrected chi connectivity index (χ4v) is 2.06. The fraction of sp³-hybridized carbons (Fsp3) is 1.00. The van der Waals surface area contributed by atoms with Gasteiger partial charge in [-0.25, -0.2) is 0 Å². The Balaban J connectivity index is 2.44. The first-order valence-electron chi connectivity index (χ1n) is 5.24. The first kappa shape index (κ1) is 10.0. The van der Waals surface area contributed by atoms with E-state index in [-0.39, 0.29) is 0 Å². The molecule has 1 saturated heterocycles. The predicted octanol–water partition coefficient (Wildman–Crippen LogP) is 1.42. The van der Waals surface area contributed by atoms with Crippen molar-refractivity contribution < 1.29 is 0 Å². The Kier molecular flexibility index (Phi) is 4.02. The Labute approximate surface area is 76.5 Å². The zero-order valence-electron chi connectivity index (χ0n) is 8.71. The van der Waals surface area contributed by atoms with Crippen LogP contribution in [0.1, 0.15) is 27.2 Å². The molecule has 1 aliphatic heterocycles. The van der Waals surface area contributed by atoms with Crippen LogP contribution in [0.25, 0.3) is 0 Å². The molecule has 1 aliphatic rings. The lowest BCUT2D eigenvalue weighted by Crippen LogP contribution is -2.38. The van der Waals surface area contributed by atoms with E-state index < -0.39 is 0 Å². The molecule has 0 radical (unpaired) electrons. The molecule has 0 unspecified atom stereocenters. The van der Waals surface area contributed by atoms with Crippen molar-refractivity contribution in [2.24, 2.45) is 0 Å². The largest absolute Gasteiger partial charge is 0.302 e. The van der Waals surface area contributed by atoms with Gasteiger partial charge in [-0.1, -0.05) is 13.8 Å². The second-order valence-corrected chi connectivity index (χ2v) is 3.72. The summed E-state index contributed by atoms with van der Waals surface area (Å²) in [6.07, 6.45) is 1.34. The lowest BCUT2D eigenvalue weighted by Gasteiger charge is -2.27. The molecule has 0 spiro atoms. The van der Waals surface area contributed by atoms with Crippen molar-refractivity contribution in [1.29, 1.82) is 0 Å². The van der Waals surface area contributed by atoms with Gasteiger partial charge in [-0.05, 0) is 39.5 Å². The van der Waals surface area contributed by atoms with E-state index >= 15 is 0 Å². The van der Waals surface area contributed by atoms with E-state index in [1.807, 2.05) is 0 Å². The molecule has 12 heavy (non-hydrogen) atoms. The maximum Gasteiger partial charge on any atom is 0.0194 e. The molecule has 0 bridgehead atoms. The van der Waals surface area contributed by atoms with E-state index in [4.69, 9.17) is 0 Å². The van der Waals surface area contributed by atoms with E-state index in [2.05, 4.69) is 30.6 Å². The van der Waals surface area contributed by atoms with Gasteiger partial charge in [0.2, 0.25) is 0 Å². The van der Waals surface area contributed by atoms with E-state index in [0.29, 0.717) is 0 Å². The first-order chi connectivity index (χ1) is 5.77. The van der Waals surface area contributed by atoms with Crippen molar-refractivity contribution in [3.8, 4) is 0 Å². The number of hydrogen-bond acceptors (Lipinski definition) is 2. The summed E-state index contributed by atoms with van der Waals surface area (Å²) in [7, 11) is 0. The van der Waals surface area contributed by atoms with Crippen LogP contribution in [0.15, 0.2) is 0 Å². The third kappa shape index (κ3) is 2.46. The molecule has 0 saturated carbocycles. The highest BCUT2D eigenvalue weighted by Gasteiger charge is 2.18. The van der Waals surface area contributed by atoms with Crippen LogP contribution in [0.3, 0.4) is 0 Å². The van der Waals surface area contributed by atoms with Crippen molar-refractivity contribution >= 4 is 0 Å². The molecule has 0 aromatic heterocycles. The average molecular weight is 170 g/mol. The van der Waals surface area contributed by atoms with Crippen LogP contribution in [-0.2, 0) is 0 Å². The van der Waals surface area contributed by atoms with Crippen LogP contribution in [0, 0.1) is 0 Å². The lowest BCUT2D eigenvalue weighted by atomic mass is 10.3. The lowest BCUT2D eigenvalue weighted by molar-refractivity contribution is 0.202. The Hall–Kier alpha value is -0.0800. The highest BCUT2D eigenvalue weighted by atomic mass is 15.2. The second kappa shape index (κ2) is 4.83. The van der Waals surface area contributed by atoms with Gasteiger partial charge < -0.3 is 4.90 Å². The summed E-state index contributed by atoms with van der Waals surface area (Å²) in [5.74, 6) is 0. The number of likely N-dealkylation sites (N-methyl/N-ethyl adjacent to an activating group) is 2. The highest BCUT2D eigenvalue weighted by molar-refractivity contribution is 4.74. The van der Waals surface area contributed by atoms with E-state index in [0.717, 1.165) is 6.04 Å². The third-order valence-electron chi connectivity index (χ3n) is 2.92. The average Bonchev–Trinajstić information content (AvgIpc) is 2.26. The van der Waals surface area contributed by atoms with Crippen LogP contribution in [0.2, 0.25) is 0 Å². The van der Waals surface area contributed by atoms with Crippen LogP contribution >= 0.6 is 0 Å². The molecule has 0 amide bonds. The van der Waals surface area contributed by atoms with Crippen molar-refractivity contribution in [3.63, 3.8) is 0 Å². The topological polar surface area (TPSA) is 6.48 Å². The van der Waals surface area contributed by atoms with Gasteiger partial charge in [0, 0.05) is 12.6 Å². The first-order valence-corrected chi connectivity index (χ1v) is 5.24. The summed E-state index contributed by atoms with van der Waals surface area (Å²) in [6.45, 7) is 13.1. The van der Waals surface area contributed by atoms with Crippen LogP contribution in [0.5, 0.6) is 0 Å². The van der Waals surface area contributed by atoms with Gasteiger partial charge in [0.1, 0.15) is 0 Å². The summed E-state index contributed by atoms with van der Waals surface area (Å²) < 4.78 is 0. The molecule has 0 aromatic carbocycles. The molecule has 1 rings (SSSR count). The van der Waals surface area contributed by atoms with Crippen molar-refractivity contribution in [2.75, 3.05) is 32.7 Å². The maximum absolute atomic E-state index is 2.58. The smallest absolute Gasteiger partial charge is 0.0194 e. The van der Waals surface area contributed by atoms with E-state index in [1.54, 1.807) is 0 Å². The molecule has 2 nitrogen and oxygen atoms in total. The van der Waals surface area contributed by atoms with Gasteiger partial charge >= 0.3 is 0 Å². The van der Waals surface area contributed by atoms with Crippen LogP contribution in [0.4, 0.5) is 0 Å². The molecule has 72 valence electrons. The molecule has 1 heterocycles. The molecular formula is C10H22N2. The third-order valence-corrected chi connectivity index (χ3v) is 2.92. The van der Waals surface area contributed by atoms with Gasteiger partial charge in [0.05, 0.1) is 0 Å². The van der Waals surface area contributed by atoms with Crippen molar-refractivity contribution in [3.05, 3.63) is 0 Å². The maximum atomic E-state index is 2.58. The van der Waals surface area contributed by atoms with Gasteiger partial charge in [-0.3, -0.25) is 4.90 Å². The van der Waals surface area contributed by atoms with Crippen molar-refractivity contribution in [2.45, 2.75) is 33.2 Å².